The van der Waals surface area contributed by atoms with Crippen LogP contribution >= 0.6 is 11.8 Å². The first-order valence-electron chi connectivity index (χ1n) is 14.5. The van der Waals surface area contributed by atoms with Crippen molar-refractivity contribution in [1.82, 2.24) is 4.90 Å². The van der Waals surface area contributed by atoms with Gasteiger partial charge in [0.15, 0.2) is 4.90 Å². The molecule has 0 radical (unpaired) electrons. The van der Waals surface area contributed by atoms with Crippen LogP contribution < -0.4 is 9.64 Å². The lowest BCUT2D eigenvalue weighted by atomic mass is 9.79. The predicted octanol–water partition coefficient (Wildman–Crippen LogP) is 7.49. The van der Waals surface area contributed by atoms with Gasteiger partial charge in [-0.3, -0.25) is 4.79 Å². The molecule has 0 N–H and O–H groups in total. The van der Waals surface area contributed by atoms with Gasteiger partial charge in [-0.1, -0.05) is 39.5 Å². The average molecular weight is 619 g/mol. The molecule has 42 heavy (non-hydrogen) atoms. The lowest BCUT2D eigenvalue weighted by molar-refractivity contribution is -0.140. The SMILES string of the molecule is CCCCC1(CCCC)CN(c2ccc(C(=O)N(C)C)cc2)c2cc(SC)c(O/C=C(\F)C(=O)OCC)cc2[S+]([O-])C1. The maximum Gasteiger partial charge on any atom is 0.370 e. The zero-order chi connectivity index (χ0) is 30.9. The van der Waals surface area contributed by atoms with Gasteiger partial charge in [0.05, 0.1) is 17.2 Å². The third kappa shape index (κ3) is 8.23. The lowest BCUT2D eigenvalue weighted by Crippen LogP contribution is -2.38. The highest BCUT2D eigenvalue weighted by Crippen LogP contribution is 2.48. The predicted molar refractivity (Wildman–Crippen MR) is 169 cm³/mol. The molecular formula is C32H43FN2O5S2. The molecule has 10 heteroatoms. The van der Waals surface area contributed by atoms with Crippen molar-refractivity contribution in [3.05, 3.63) is 54.1 Å². The van der Waals surface area contributed by atoms with Crippen LogP contribution in [0, 0.1) is 5.41 Å². The van der Waals surface area contributed by atoms with Crippen LogP contribution in [-0.2, 0) is 20.7 Å². The molecule has 230 valence electrons. The third-order valence-electron chi connectivity index (χ3n) is 7.43. The van der Waals surface area contributed by atoms with E-state index in [1.54, 1.807) is 32.0 Å². The summed E-state index contributed by atoms with van der Waals surface area (Å²) < 4.78 is 38.8. The molecule has 0 saturated carbocycles. The van der Waals surface area contributed by atoms with Gasteiger partial charge in [-0.25, -0.2) is 4.79 Å². The smallest absolute Gasteiger partial charge is 0.370 e. The number of nitrogens with zero attached hydrogens (tertiary/aromatic N) is 2. The fraction of sp³-hybridized carbons (Fsp3) is 0.500. The van der Waals surface area contributed by atoms with E-state index < -0.39 is 23.0 Å². The second-order valence-corrected chi connectivity index (χ2v) is 13.1. The molecule has 0 aliphatic carbocycles. The van der Waals surface area contributed by atoms with Gasteiger partial charge < -0.3 is 23.8 Å². The van der Waals surface area contributed by atoms with Gasteiger partial charge in [-0.05, 0) is 67.5 Å². The fourth-order valence-corrected chi connectivity index (χ4v) is 7.43. The standard InChI is InChI=1S/C32H43FN2O5S2/c1-7-10-16-32(17-11-8-2)21-35(24-14-12-23(13-15-24)30(36)34(4)5)26-18-28(41-6)27(19-29(26)42(38)22-32)40-20-25(33)31(37)39-9-3/h12-15,18-20H,7-11,16-17,21-22H2,1-6H3/b25-20-. The number of anilines is 2. The number of benzene rings is 2. The Balaban J connectivity index is 2.15. The van der Waals surface area contributed by atoms with E-state index >= 15 is 0 Å². The van der Waals surface area contributed by atoms with Gasteiger partial charge in [-0.15, -0.1) is 11.8 Å². The second-order valence-electron chi connectivity index (χ2n) is 10.8. The molecule has 0 saturated heterocycles. The Morgan fingerprint density at radius 2 is 1.76 bits per heavy atom. The largest absolute Gasteiger partial charge is 0.611 e. The molecular weight excluding hydrogens is 575 g/mol. The second kappa shape index (κ2) is 15.7. The highest BCUT2D eigenvalue weighted by atomic mass is 32.2. The number of thioether (sulfide) groups is 1. The Bertz CT molecular complexity index is 1240. The normalized spacial score (nSPS) is 16.4. The first-order chi connectivity index (χ1) is 20.1. The highest BCUT2D eigenvalue weighted by molar-refractivity contribution is 7.98. The van der Waals surface area contributed by atoms with Gasteiger partial charge in [0.1, 0.15) is 17.8 Å². The number of carbonyl (C=O) groups excluding carboxylic acids is 2. The first-order valence-corrected chi connectivity index (χ1v) is 17.0. The Kier molecular flexibility index (Phi) is 12.6. The van der Waals surface area contributed by atoms with Crippen LogP contribution in [0.4, 0.5) is 15.8 Å². The van der Waals surface area contributed by atoms with E-state index in [2.05, 4.69) is 18.7 Å². The Morgan fingerprint density at radius 3 is 2.31 bits per heavy atom. The summed E-state index contributed by atoms with van der Waals surface area (Å²) in [6.45, 7) is 6.67. The number of carbonyl (C=O) groups is 2. The molecule has 0 spiro atoms. The zero-order valence-electron chi connectivity index (χ0n) is 25.5. The van der Waals surface area contributed by atoms with E-state index in [0.717, 1.165) is 56.2 Å². The minimum absolute atomic E-state index is 0.0475. The molecule has 2 aromatic rings. The fourth-order valence-electron chi connectivity index (χ4n) is 5.16. The van der Waals surface area contributed by atoms with E-state index in [1.807, 2.05) is 36.6 Å². The topological polar surface area (TPSA) is 82.1 Å². The first kappa shape index (κ1) is 33.8. The number of amides is 1. The van der Waals surface area contributed by atoms with Crippen molar-refractivity contribution in [2.24, 2.45) is 5.41 Å². The maximum absolute atomic E-state index is 14.3. The molecule has 1 heterocycles. The van der Waals surface area contributed by atoms with Crippen molar-refractivity contribution >= 4 is 46.2 Å². The molecule has 0 aromatic heterocycles. The van der Waals surface area contributed by atoms with Crippen molar-refractivity contribution in [3.8, 4) is 5.75 Å². The van der Waals surface area contributed by atoms with Crippen LogP contribution in [0.5, 0.6) is 5.75 Å². The van der Waals surface area contributed by atoms with Crippen molar-refractivity contribution in [2.75, 3.05) is 44.2 Å². The molecule has 1 unspecified atom stereocenters. The van der Waals surface area contributed by atoms with E-state index in [-0.39, 0.29) is 17.9 Å². The van der Waals surface area contributed by atoms with Crippen LogP contribution in [0.3, 0.4) is 0 Å². The van der Waals surface area contributed by atoms with Gasteiger partial charge in [0.2, 0.25) is 5.83 Å². The summed E-state index contributed by atoms with van der Waals surface area (Å²) in [6.07, 6.45) is 8.67. The molecule has 0 fully saturated rings. The zero-order valence-corrected chi connectivity index (χ0v) is 27.2. The van der Waals surface area contributed by atoms with Crippen molar-refractivity contribution < 1.29 is 28.0 Å². The molecule has 1 amide bonds. The van der Waals surface area contributed by atoms with Crippen LogP contribution in [0.25, 0.3) is 0 Å². The average Bonchev–Trinajstić information content (AvgIpc) is 3.11. The van der Waals surface area contributed by atoms with Crippen LogP contribution in [0.15, 0.2) is 58.3 Å². The van der Waals surface area contributed by atoms with Crippen LogP contribution in [0.1, 0.15) is 69.7 Å². The van der Waals surface area contributed by atoms with Crippen molar-refractivity contribution in [2.45, 2.75) is 69.1 Å². The van der Waals surface area contributed by atoms with E-state index in [9.17, 15) is 18.5 Å². The Hall–Kier alpha value is -2.69. The van der Waals surface area contributed by atoms with E-state index in [0.29, 0.717) is 33.4 Å². The summed E-state index contributed by atoms with van der Waals surface area (Å²) in [6, 6.07) is 11.2. The minimum Gasteiger partial charge on any atom is -0.611 e. The molecule has 2 aromatic carbocycles. The van der Waals surface area contributed by atoms with Gasteiger partial charge >= 0.3 is 5.97 Å². The molecule has 1 atom stereocenters. The van der Waals surface area contributed by atoms with Crippen LogP contribution in [-0.4, -0.2) is 60.6 Å². The van der Waals surface area contributed by atoms with Gasteiger partial charge in [-0.2, -0.15) is 4.39 Å². The van der Waals surface area contributed by atoms with Crippen LogP contribution in [0.2, 0.25) is 0 Å². The maximum atomic E-state index is 14.3. The number of unbranched alkanes of at least 4 members (excludes halogenated alkanes) is 2. The molecule has 3 rings (SSSR count). The number of fused-ring (bicyclic) bond motifs is 1. The summed E-state index contributed by atoms with van der Waals surface area (Å²) in [5.41, 5.74) is 2.10. The summed E-state index contributed by atoms with van der Waals surface area (Å²) >= 11 is 0.0467. The van der Waals surface area contributed by atoms with Crippen molar-refractivity contribution in [1.29, 1.82) is 0 Å². The number of esters is 1. The number of halogens is 1. The van der Waals surface area contributed by atoms with Gasteiger partial charge in [0, 0.05) is 43.4 Å². The minimum atomic E-state index is -1.37. The third-order valence-corrected chi connectivity index (χ3v) is 9.88. The van der Waals surface area contributed by atoms with E-state index in [4.69, 9.17) is 9.47 Å². The van der Waals surface area contributed by atoms with E-state index in [1.165, 1.54) is 11.8 Å². The van der Waals surface area contributed by atoms with Crippen molar-refractivity contribution in [3.63, 3.8) is 0 Å². The lowest BCUT2D eigenvalue weighted by Gasteiger charge is -2.36. The number of hydrogen-bond donors (Lipinski definition) is 0. The summed E-state index contributed by atoms with van der Waals surface area (Å²) in [5.74, 6) is -1.50. The molecule has 1 aliphatic rings. The Labute approximate surface area is 257 Å². The summed E-state index contributed by atoms with van der Waals surface area (Å²) in [5, 5.41) is 0. The number of hydrogen-bond acceptors (Lipinski definition) is 7. The molecule has 7 nitrogen and oxygen atoms in total. The highest BCUT2D eigenvalue weighted by Gasteiger charge is 2.42. The molecule has 1 aliphatic heterocycles. The Morgan fingerprint density at radius 1 is 1.12 bits per heavy atom. The van der Waals surface area contributed by atoms with Gasteiger partial charge in [0.25, 0.3) is 5.91 Å². The monoisotopic (exact) mass is 618 g/mol. The quantitative estimate of drug-likeness (QED) is 0.0756. The number of ether oxygens (including phenoxy) is 2. The summed E-state index contributed by atoms with van der Waals surface area (Å²) in [7, 11) is 3.45. The number of rotatable bonds is 13. The molecule has 0 bridgehead atoms. The summed E-state index contributed by atoms with van der Waals surface area (Å²) in [4.78, 5) is 29.4.